The molecule has 25 heavy (non-hydrogen) atoms. The van der Waals surface area contributed by atoms with Crippen molar-refractivity contribution in [2.24, 2.45) is 0 Å². The number of aryl methyl sites for hydroxylation is 2. The number of nitrogens with zero attached hydrogens (tertiary/aromatic N) is 1. The molecule has 3 aromatic rings. The summed E-state index contributed by atoms with van der Waals surface area (Å²) in [6.45, 7) is 6.58. The Kier molecular flexibility index (Phi) is 5.03. The number of para-hydroxylation sites is 2. The van der Waals surface area contributed by atoms with Crippen molar-refractivity contribution < 1.29 is 9.53 Å². The first-order valence-corrected chi connectivity index (χ1v) is 8.44. The van der Waals surface area contributed by atoms with Crippen LogP contribution in [0.2, 0.25) is 0 Å². The Hall–Kier alpha value is -2.82. The van der Waals surface area contributed by atoms with Crippen molar-refractivity contribution in [3.05, 3.63) is 58.9 Å². The lowest BCUT2D eigenvalue weighted by Crippen LogP contribution is -2.31. The molecule has 0 aliphatic rings. The first-order valence-electron chi connectivity index (χ1n) is 8.44. The van der Waals surface area contributed by atoms with Gasteiger partial charge in [0, 0.05) is 13.0 Å². The third-order valence-electron chi connectivity index (χ3n) is 4.34. The fraction of sp³-hybridized carbons (Fsp3) is 0.300. The number of benzene rings is 2. The number of H-pyrrole nitrogens is 1. The van der Waals surface area contributed by atoms with Crippen LogP contribution < -0.4 is 10.1 Å². The quantitative estimate of drug-likeness (QED) is 0.726. The van der Waals surface area contributed by atoms with E-state index >= 15 is 0 Å². The summed E-state index contributed by atoms with van der Waals surface area (Å²) in [5.74, 6) is 1.54. The van der Waals surface area contributed by atoms with E-state index in [0.717, 1.165) is 39.3 Å². The minimum absolute atomic E-state index is 0.0191. The van der Waals surface area contributed by atoms with E-state index in [0.29, 0.717) is 13.0 Å². The maximum Gasteiger partial charge on any atom is 0.257 e. The number of hydrogen-bond acceptors (Lipinski definition) is 3. The zero-order valence-electron chi connectivity index (χ0n) is 14.8. The van der Waals surface area contributed by atoms with Crippen molar-refractivity contribution >= 4 is 16.9 Å². The Morgan fingerprint density at radius 2 is 1.88 bits per heavy atom. The van der Waals surface area contributed by atoms with Crippen LogP contribution in [0.25, 0.3) is 11.0 Å². The highest BCUT2D eigenvalue weighted by molar-refractivity contribution is 5.77. The molecule has 0 saturated carbocycles. The number of fused-ring (bicyclic) bond motifs is 1. The number of hydrogen-bond donors (Lipinski definition) is 2. The van der Waals surface area contributed by atoms with Crippen LogP contribution >= 0.6 is 0 Å². The van der Waals surface area contributed by atoms with Crippen molar-refractivity contribution in [2.75, 3.05) is 13.2 Å². The van der Waals surface area contributed by atoms with Crippen LogP contribution in [0, 0.1) is 20.8 Å². The van der Waals surface area contributed by atoms with Gasteiger partial charge in [0.15, 0.2) is 6.61 Å². The zero-order valence-corrected chi connectivity index (χ0v) is 14.8. The lowest BCUT2D eigenvalue weighted by molar-refractivity contribution is -0.123. The summed E-state index contributed by atoms with van der Waals surface area (Å²) in [5, 5.41) is 2.88. The molecule has 0 atom stereocenters. The van der Waals surface area contributed by atoms with Crippen LogP contribution in [0.4, 0.5) is 0 Å². The van der Waals surface area contributed by atoms with Gasteiger partial charge in [0.25, 0.3) is 5.91 Å². The number of nitrogens with one attached hydrogen (secondary N) is 2. The van der Waals surface area contributed by atoms with Crippen molar-refractivity contribution in [3.63, 3.8) is 0 Å². The molecular formula is C20H23N3O2. The normalized spacial score (nSPS) is 10.8. The molecule has 0 saturated heterocycles. The smallest absolute Gasteiger partial charge is 0.257 e. The Morgan fingerprint density at radius 1 is 1.12 bits per heavy atom. The number of imidazole rings is 1. The highest BCUT2D eigenvalue weighted by Gasteiger charge is 2.09. The van der Waals surface area contributed by atoms with E-state index in [1.165, 1.54) is 0 Å². The number of aromatic amines is 1. The molecule has 0 bridgehead atoms. The summed E-state index contributed by atoms with van der Waals surface area (Å²) in [4.78, 5) is 19.8. The van der Waals surface area contributed by atoms with Crippen LogP contribution in [0.5, 0.6) is 5.75 Å². The maximum atomic E-state index is 12.0. The highest BCUT2D eigenvalue weighted by atomic mass is 16.5. The molecule has 0 radical (unpaired) electrons. The van der Waals surface area contributed by atoms with E-state index in [4.69, 9.17) is 4.74 Å². The predicted molar refractivity (Wildman–Crippen MR) is 99.0 cm³/mol. The number of aromatic nitrogens is 2. The van der Waals surface area contributed by atoms with Gasteiger partial charge in [-0.05, 0) is 49.6 Å². The summed E-state index contributed by atoms with van der Waals surface area (Å²) in [5.41, 5.74) is 5.23. The van der Waals surface area contributed by atoms with Crippen LogP contribution in [0.1, 0.15) is 22.5 Å². The molecule has 3 rings (SSSR count). The van der Waals surface area contributed by atoms with E-state index in [2.05, 4.69) is 21.4 Å². The summed E-state index contributed by atoms with van der Waals surface area (Å²) >= 11 is 0. The Morgan fingerprint density at radius 3 is 2.68 bits per heavy atom. The Bertz CT molecular complexity index is 866. The first-order chi connectivity index (χ1) is 12.0. The van der Waals surface area contributed by atoms with Crippen molar-refractivity contribution in [3.8, 4) is 5.75 Å². The van der Waals surface area contributed by atoms with Crippen molar-refractivity contribution in [1.82, 2.24) is 15.3 Å². The topological polar surface area (TPSA) is 67.0 Å². The van der Waals surface area contributed by atoms with Gasteiger partial charge in [-0.15, -0.1) is 0 Å². The second-order valence-electron chi connectivity index (χ2n) is 6.24. The number of rotatable bonds is 6. The third-order valence-corrected chi connectivity index (χ3v) is 4.34. The lowest BCUT2D eigenvalue weighted by atomic mass is 10.1. The number of carbonyl (C=O) groups is 1. The van der Waals surface area contributed by atoms with Gasteiger partial charge in [-0.2, -0.15) is 0 Å². The monoisotopic (exact) mass is 337 g/mol. The summed E-state index contributed by atoms with van der Waals surface area (Å²) in [6.07, 6.45) is 0.656. The number of ether oxygens (including phenoxy) is 1. The fourth-order valence-electron chi connectivity index (χ4n) is 2.78. The molecule has 0 spiro atoms. The molecule has 0 unspecified atom stereocenters. The van der Waals surface area contributed by atoms with Gasteiger partial charge in [0.1, 0.15) is 11.6 Å². The second-order valence-corrected chi connectivity index (χ2v) is 6.24. The minimum atomic E-state index is -0.128. The molecule has 2 aromatic carbocycles. The number of carbonyl (C=O) groups excluding carboxylic acids is 1. The van der Waals surface area contributed by atoms with Crippen molar-refractivity contribution in [2.45, 2.75) is 27.2 Å². The average molecular weight is 337 g/mol. The van der Waals surface area contributed by atoms with Gasteiger partial charge in [-0.1, -0.05) is 24.3 Å². The summed E-state index contributed by atoms with van der Waals surface area (Å²) in [6, 6.07) is 12.0. The molecule has 0 aliphatic carbocycles. The fourth-order valence-corrected chi connectivity index (χ4v) is 2.78. The summed E-state index contributed by atoms with van der Waals surface area (Å²) in [7, 11) is 0. The lowest BCUT2D eigenvalue weighted by Gasteiger charge is -2.13. The van der Waals surface area contributed by atoms with Gasteiger partial charge in [0.05, 0.1) is 11.0 Å². The van der Waals surface area contributed by atoms with E-state index in [1.807, 2.05) is 51.1 Å². The maximum absolute atomic E-state index is 12.0. The van der Waals surface area contributed by atoms with Crippen molar-refractivity contribution in [1.29, 1.82) is 0 Å². The summed E-state index contributed by atoms with van der Waals surface area (Å²) < 4.78 is 5.73. The minimum Gasteiger partial charge on any atom is -0.483 e. The van der Waals surface area contributed by atoms with Crippen LogP contribution in [0.15, 0.2) is 36.4 Å². The van der Waals surface area contributed by atoms with Crippen LogP contribution in [-0.4, -0.2) is 29.0 Å². The largest absolute Gasteiger partial charge is 0.483 e. The molecule has 5 heteroatoms. The molecular weight excluding hydrogens is 314 g/mol. The van der Waals surface area contributed by atoms with Gasteiger partial charge < -0.3 is 15.0 Å². The van der Waals surface area contributed by atoms with Gasteiger partial charge in [-0.3, -0.25) is 4.79 Å². The molecule has 1 heterocycles. The molecule has 0 fully saturated rings. The third kappa shape index (κ3) is 3.99. The zero-order chi connectivity index (χ0) is 17.8. The van der Waals surface area contributed by atoms with Crippen LogP contribution in [-0.2, 0) is 11.2 Å². The molecule has 2 N–H and O–H groups in total. The predicted octanol–water partition coefficient (Wildman–Crippen LogP) is 3.23. The van der Waals surface area contributed by atoms with E-state index < -0.39 is 0 Å². The highest BCUT2D eigenvalue weighted by Crippen LogP contribution is 2.25. The van der Waals surface area contributed by atoms with Gasteiger partial charge in [0.2, 0.25) is 0 Å². The molecule has 1 aromatic heterocycles. The first kappa shape index (κ1) is 17.0. The Balaban J connectivity index is 1.49. The molecule has 0 aliphatic heterocycles. The average Bonchev–Trinajstić information content (AvgIpc) is 3.01. The number of amides is 1. The van der Waals surface area contributed by atoms with E-state index in [9.17, 15) is 4.79 Å². The molecule has 1 amide bonds. The van der Waals surface area contributed by atoms with Crippen LogP contribution in [0.3, 0.4) is 0 Å². The SMILES string of the molecule is Cc1ccc(C)c(OCC(=O)NCCc2nc3ccccc3[nH]2)c1C. The van der Waals surface area contributed by atoms with E-state index in [-0.39, 0.29) is 12.5 Å². The molecule has 130 valence electrons. The second kappa shape index (κ2) is 7.38. The van der Waals surface area contributed by atoms with Gasteiger partial charge >= 0.3 is 0 Å². The molecule has 5 nitrogen and oxygen atoms in total. The van der Waals surface area contributed by atoms with E-state index in [1.54, 1.807) is 0 Å². The van der Waals surface area contributed by atoms with Gasteiger partial charge in [-0.25, -0.2) is 4.98 Å². The standard InChI is InChI=1S/C20H23N3O2/c1-13-8-9-14(2)20(15(13)3)25-12-19(24)21-11-10-18-22-16-6-4-5-7-17(16)23-18/h4-9H,10-12H2,1-3H3,(H,21,24)(H,22,23). The Labute approximate surface area is 147 Å².